The summed E-state index contributed by atoms with van der Waals surface area (Å²) in [4.78, 5) is 29.1. The van der Waals surface area contributed by atoms with E-state index in [1.165, 1.54) is 36.5 Å². The number of para-hydroxylation sites is 1. The molecule has 1 heterocycles. The summed E-state index contributed by atoms with van der Waals surface area (Å²) in [6.07, 6.45) is 1.39. The average molecular weight is 403 g/mol. The molecule has 0 aliphatic heterocycles. The molecule has 0 fully saturated rings. The van der Waals surface area contributed by atoms with E-state index in [2.05, 4.69) is 20.8 Å². The summed E-state index contributed by atoms with van der Waals surface area (Å²) >= 11 is 0. The number of nitrogens with one attached hydrogen (secondary N) is 2. The van der Waals surface area contributed by atoms with Gasteiger partial charge in [0.15, 0.2) is 5.84 Å². The number of rotatable bonds is 5. The lowest BCUT2D eigenvalue weighted by atomic mass is 9.99. The van der Waals surface area contributed by atoms with Gasteiger partial charge in [0.25, 0.3) is 11.8 Å². The molecular weight excluding hydrogens is 388 g/mol. The topological polar surface area (TPSA) is 130 Å². The molecule has 0 saturated carbocycles. The molecule has 5 N–H and O–H groups in total. The molecule has 3 aromatic rings. The molecule has 2 amide bonds. The zero-order chi connectivity index (χ0) is 21.7. The number of carbonyl (C=O) groups excluding carboxylic acids is 2. The van der Waals surface area contributed by atoms with Crippen molar-refractivity contribution >= 4 is 42.5 Å². The van der Waals surface area contributed by atoms with E-state index in [1.54, 1.807) is 18.2 Å². The molecule has 0 aliphatic carbocycles. The fourth-order valence-electron chi connectivity index (χ4n) is 2.56. The van der Waals surface area contributed by atoms with Crippen molar-refractivity contribution in [2.75, 3.05) is 10.6 Å². The molecule has 0 spiro atoms. The zero-order valence-corrected chi connectivity index (χ0v) is 15.5. The number of anilines is 2. The second-order valence-corrected chi connectivity index (χ2v) is 6.11. The minimum atomic E-state index is -0.871. The van der Waals surface area contributed by atoms with E-state index in [0.29, 0.717) is 5.46 Å². The second kappa shape index (κ2) is 8.86. The number of oxime groups is 1. The van der Waals surface area contributed by atoms with E-state index in [1.807, 2.05) is 0 Å². The standard InChI is InChI=1S/C20H15BFN5O3/c21-12-6-8-17(24-10-12)26-20(29)14-3-1-2-4-16(14)25-19(28)13-7-5-11(9-15(13)22)18(23)27-30/h1-10,30H,(H2,23,27)(H,25,28)(H,24,26,29). The van der Waals surface area contributed by atoms with Crippen molar-refractivity contribution in [1.82, 2.24) is 4.98 Å². The normalized spacial score (nSPS) is 11.0. The number of amides is 2. The number of nitrogens with two attached hydrogens (primary N) is 1. The summed E-state index contributed by atoms with van der Waals surface area (Å²) in [5.74, 6) is -2.18. The first-order chi connectivity index (χ1) is 14.4. The Morgan fingerprint density at radius 1 is 1.03 bits per heavy atom. The van der Waals surface area contributed by atoms with Gasteiger partial charge in [-0.1, -0.05) is 34.9 Å². The lowest BCUT2D eigenvalue weighted by Gasteiger charge is -2.12. The van der Waals surface area contributed by atoms with Gasteiger partial charge in [0.1, 0.15) is 19.5 Å². The number of hydrogen-bond acceptors (Lipinski definition) is 5. The highest BCUT2D eigenvalue weighted by atomic mass is 19.1. The molecule has 2 radical (unpaired) electrons. The first kappa shape index (κ1) is 20.5. The van der Waals surface area contributed by atoms with Gasteiger partial charge in [0, 0.05) is 11.8 Å². The van der Waals surface area contributed by atoms with Crippen LogP contribution in [0.25, 0.3) is 0 Å². The first-order valence-electron chi connectivity index (χ1n) is 8.59. The van der Waals surface area contributed by atoms with Crippen LogP contribution in [0.2, 0.25) is 0 Å². The summed E-state index contributed by atoms with van der Waals surface area (Å²) in [5, 5.41) is 16.6. The Kier molecular flexibility index (Phi) is 6.07. The van der Waals surface area contributed by atoms with Crippen molar-refractivity contribution in [1.29, 1.82) is 0 Å². The Morgan fingerprint density at radius 2 is 1.77 bits per heavy atom. The van der Waals surface area contributed by atoms with Crippen LogP contribution in [-0.2, 0) is 0 Å². The lowest BCUT2D eigenvalue weighted by molar-refractivity contribution is 0.102. The SMILES string of the molecule is [B]c1ccc(NC(=O)c2ccccc2NC(=O)c2ccc(/C(N)=N\O)cc2F)nc1. The summed E-state index contributed by atoms with van der Waals surface area (Å²) in [5.41, 5.74) is 6.02. The number of aromatic nitrogens is 1. The molecule has 2 aromatic carbocycles. The maximum absolute atomic E-state index is 14.3. The van der Waals surface area contributed by atoms with Gasteiger partial charge in [0.05, 0.1) is 16.8 Å². The molecule has 8 nitrogen and oxygen atoms in total. The Morgan fingerprint density at radius 3 is 2.43 bits per heavy atom. The number of amidine groups is 1. The van der Waals surface area contributed by atoms with Gasteiger partial charge in [-0.15, -0.1) is 0 Å². The van der Waals surface area contributed by atoms with Crippen LogP contribution in [0.3, 0.4) is 0 Å². The van der Waals surface area contributed by atoms with Crippen molar-refractivity contribution in [3.8, 4) is 0 Å². The Bertz CT molecular complexity index is 1140. The van der Waals surface area contributed by atoms with Crippen LogP contribution in [0.15, 0.2) is 65.9 Å². The van der Waals surface area contributed by atoms with Crippen molar-refractivity contribution in [3.05, 3.63) is 83.3 Å². The molecule has 0 unspecified atom stereocenters. The smallest absolute Gasteiger partial charge is 0.258 e. The fourth-order valence-corrected chi connectivity index (χ4v) is 2.56. The second-order valence-electron chi connectivity index (χ2n) is 6.11. The third kappa shape index (κ3) is 4.61. The Labute approximate surface area is 172 Å². The molecule has 1 aromatic heterocycles. The molecule has 0 aliphatic rings. The monoisotopic (exact) mass is 403 g/mol. The molecule has 3 rings (SSSR count). The van der Waals surface area contributed by atoms with E-state index in [4.69, 9.17) is 18.8 Å². The van der Waals surface area contributed by atoms with Gasteiger partial charge in [-0.25, -0.2) is 9.37 Å². The summed E-state index contributed by atoms with van der Waals surface area (Å²) in [7, 11) is 5.57. The number of carbonyl (C=O) groups is 2. The minimum absolute atomic E-state index is 0.113. The number of pyridine rings is 1. The van der Waals surface area contributed by atoms with Crippen LogP contribution in [0.5, 0.6) is 0 Å². The van der Waals surface area contributed by atoms with Crippen LogP contribution >= 0.6 is 0 Å². The van der Waals surface area contributed by atoms with Gasteiger partial charge in [0.2, 0.25) is 0 Å². The summed E-state index contributed by atoms with van der Waals surface area (Å²) in [6.45, 7) is 0. The molecule has 0 bridgehead atoms. The van der Waals surface area contributed by atoms with Gasteiger partial charge in [-0.3, -0.25) is 9.59 Å². The van der Waals surface area contributed by atoms with Crippen LogP contribution < -0.4 is 21.8 Å². The number of hydrogen-bond donors (Lipinski definition) is 4. The molecule has 0 saturated heterocycles. The third-order valence-corrected chi connectivity index (χ3v) is 4.07. The van der Waals surface area contributed by atoms with E-state index in [-0.39, 0.29) is 34.0 Å². The maximum atomic E-state index is 14.3. The summed E-state index contributed by atoms with van der Waals surface area (Å²) < 4.78 is 14.3. The van der Waals surface area contributed by atoms with Crippen molar-refractivity contribution in [2.45, 2.75) is 0 Å². The summed E-state index contributed by atoms with van der Waals surface area (Å²) in [6, 6.07) is 12.8. The van der Waals surface area contributed by atoms with Crippen molar-refractivity contribution in [2.24, 2.45) is 10.9 Å². The first-order valence-corrected chi connectivity index (χ1v) is 8.59. The van der Waals surface area contributed by atoms with Crippen LogP contribution in [-0.4, -0.2) is 35.7 Å². The Hall–Kier alpha value is -4.21. The molecule has 0 atom stereocenters. The van der Waals surface area contributed by atoms with Crippen LogP contribution in [0.1, 0.15) is 26.3 Å². The molecule has 30 heavy (non-hydrogen) atoms. The third-order valence-electron chi connectivity index (χ3n) is 4.07. The molecule has 10 heteroatoms. The lowest BCUT2D eigenvalue weighted by Crippen LogP contribution is -2.20. The van der Waals surface area contributed by atoms with Gasteiger partial charge in [-0.2, -0.15) is 0 Å². The predicted octanol–water partition coefficient (Wildman–Crippen LogP) is 1.61. The van der Waals surface area contributed by atoms with E-state index in [9.17, 15) is 14.0 Å². The fraction of sp³-hybridized carbons (Fsp3) is 0. The highest BCUT2D eigenvalue weighted by Gasteiger charge is 2.17. The average Bonchev–Trinajstić information content (AvgIpc) is 2.74. The number of nitrogens with zero attached hydrogens (tertiary/aromatic N) is 2. The quantitative estimate of drug-likeness (QED) is 0.169. The van der Waals surface area contributed by atoms with Gasteiger partial charge in [-0.05, 0) is 30.3 Å². The van der Waals surface area contributed by atoms with Crippen LogP contribution in [0.4, 0.5) is 15.9 Å². The highest BCUT2D eigenvalue weighted by Crippen LogP contribution is 2.19. The maximum Gasteiger partial charge on any atom is 0.258 e. The van der Waals surface area contributed by atoms with Crippen LogP contribution in [0, 0.1) is 5.82 Å². The zero-order valence-electron chi connectivity index (χ0n) is 15.5. The molecular formula is C20H15BFN5O3. The largest absolute Gasteiger partial charge is 0.409 e. The minimum Gasteiger partial charge on any atom is -0.409 e. The molecule has 148 valence electrons. The van der Waals surface area contributed by atoms with E-state index < -0.39 is 17.6 Å². The highest BCUT2D eigenvalue weighted by molar-refractivity contribution is 6.32. The number of benzene rings is 2. The van der Waals surface area contributed by atoms with Gasteiger partial charge < -0.3 is 21.6 Å². The van der Waals surface area contributed by atoms with Gasteiger partial charge >= 0.3 is 0 Å². The predicted molar refractivity (Wildman–Crippen MR) is 111 cm³/mol. The van der Waals surface area contributed by atoms with E-state index >= 15 is 0 Å². The van der Waals surface area contributed by atoms with Crippen molar-refractivity contribution in [3.63, 3.8) is 0 Å². The Balaban J connectivity index is 1.81. The number of halogens is 1. The van der Waals surface area contributed by atoms with E-state index in [0.717, 1.165) is 6.07 Å². The van der Waals surface area contributed by atoms with Crippen molar-refractivity contribution < 1.29 is 19.2 Å².